The van der Waals surface area contributed by atoms with Gasteiger partial charge in [-0.3, -0.25) is 0 Å². The lowest BCUT2D eigenvalue weighted by Gasteiger charge is -2.29. The third kappa shape index (κ3) is 2.07. The van der Waals surface area contributed by atoms with Crippen molar-refractivity contribution in [3.05, 3.63) is 36.0 Å². The molecule has 0 unspecified atom stereocenters. The first-order valence-electron chi connectivity index (χ1n) is 6.28. The van der Waals surface area contributed by atoms with Crippen LogP contribution in [0.5, 0.6) is 0 Å². The van der Waals surface area contributed by atoms with Gasteiger partial charge < -0.3 is 19.9 Å². The van der Waals surface area contributed by atoms with E-state index in [-0.39, 0.29) is 0 Å². The molecule has 0 amide bonds. The Morgan fingerprint density at radius 3 is 3.05 bits per heavy atom. The summed E-state index contributed by atoms with van der Waals surface area (Å²) in [6, 6.07) is 1.59. The third-order valence-electron chi connectivity index (χ3n) is 3.34. The number of hydrogen-bond donors (Lipinski definition) is 1. The summed E-state index contributed by atoms with van der Waals surface area (Å²) in [5.74, 6) is 1.10. The zero-order chi connectivity index (χ0) is 14.1. The number of fused-ring (bicyclic) bond motifs is 1. The third-order valence-corrected chi connectivity index (χ3v) is 3.34. The van der Waals surface area contributed by atoms with Crippen LogP contribution in [0.15, 0.2) is 24.7 Å². The van der Waals surface area contributed by atoms with Crippen LogP contribution < -0.4 is 10.6 Å². The number of nitrogens with zero attached hydrogens (tertiary/aromatic N) is 4. The first-order valence-corrected chi connectivity index (χ1v) is 6.28. The Labute approximate surface area is 116 Å². The van der Waals surface area contributed by atoms with E-state index in [4.69, 9.17) is 10.5 Å². The lowest BCUT2D eigenvalue weighted by Crippen LogP contribution is -2.35. The molecule has 0 aliphatic carbocycles. The van der Waals surface area contributed by atoms with Gasteiger partial charge in [-0.25, -0.2) is 14.8 Å². The number of imidazole rings is 1. The second-order valence-corrected chi connectivity index (χ2v) is 4.59. The van der Waals surface area contributed by atoms with Crippen molar-refractivity contribution in [1.29, 1.82) is 0 Å². The Kier molecular flexibility index (Phi) is 3.02. The van der Waals surface area contributed by atoms with E-state index < -0.39 is 5.97 Å². The lowest BCUT2D eigenvalue weighted by atomic mass is 10.2. The Morgan fingerprint density at radius 2 is 2.25 bits per heavy atom. The number of nitrogen functional groups attached to an aromatic ring is 1. The van der Waals surface area contributed by atoms with Gasteiger partial charge in [-0.2, -0.15) is 0 Å². The molecule has 20 heavy (non-hydrogen) atoms. The molecule has 2 N–H and O–H groups in total. The molecule has 0 atom stereocenters. The Hall–Kier alpha value is -2.57. The number of pyridine rings is 1. The SMILES string of the molecule is COC(=O)c1cc(N)cnc1N1CCn2ccnc2C1. The highest BCUT2D eigenvalue weighted by molar-refractivity contribution is 5.95. The van der Waals surface area contributed by atoms with Gasteiger partial charge in [0.15, 0.2) is 0 Å². The number of hydrogen-bond acceptors (Lipinski definition) is 6. The standard InChI is InChI=1S/C13H15N5O2/c1-20-13(19)10-6-9(14)7-16-12(10)18-5-4-17-3-2-15-11(17)8-18/h2-3,6-7H,4-5,8,14H2,1H3. The summed E-state index contributed by atoms with van der Waals surface area (Å²) in [4.78, 5) is 22.5. The van der Waals surface area contributed by atoms with Crippen molar-refractivity contribution in [1.82, 2.24) is 14.5 Å². The van der Waals surface area contributed by atoms with Gasteiger partial charge >= 0.3 is 5.97 Å². The van der Waals surface area contributed by atoms with Gasteiger partial charge in [0.05, 0.1) is 25.5 Å². The molecule has 2 aromatic heterocycles. The highest BCUT2D eigenvalue weighted by atomic mass is 16.5. The van der Waals surface area contributed by atoms with Crippen LogP contribution in [0, 0.1) is 0 Å². The fraction of sp³-hybridized carbons (Fsp3) is 0.308. The molecule has 2 aromatic rings. The number of methoxy groups -OCH3 is 1. The van der Waals surface area contributed by atoms with Gasteiger partial charge in [-0.15, -0.1) is 0 Å². The van der Waals surface area contributed by atoms with Crippen molar-refractivity contribution in [3.8, 4) is 0 Å². The summed E-state index contributed by atoms with van der Waals surface area (Å²) >= 11 is 0. The molecule has 7 nitrogen and oxygen atoms in total. The summed E-state index contributed by atoms with van der Waals surface area (Å²) in [5.41, 5.74) is 6.52. The fourth-order valence-electron chi connectivity index (χ4n) is 2.34. The van der Waals surface area contributed by atoms with Crippen molar-refractivity contribution >= 4 is 17.5 Å². The molecule has 0 aromatic carbocycles. The van der Waals surface area contributed by atoms with Crippen molar-refractivity contribution in [2.45, 2.75) is 13.1 Å². The number of aromatic nitrogens is 3. The fourth-order valence-corrected chi connectivity index (χ4v) is 2.34. The molecule has 7 heteroatoms. The predicted octanol–water partition coefficient (Wildman–Crippen LogP) is 0.667. The number of nitrogens with two attached hydrogens (primary N) is 1. The van der Waals surface area contributed by atoms with Crippen LogP contribution in [0.25, 0.3) is 0 Å². The largest absolute Gasteiger partial charge is 0.465 e. The maximum atomic E-state index is 11.9. The molecule has 0 saturated heterocycles. The summed E-state index contributed by atoms with van der Waals surface area (Å²) < 4.78 is 6.88. The van der Waals surface area contributed by atoms with Gasteiger partial charge in [0, 0.05) is 25.5 Å². The minimum absolute atomic E-state index is 0.382. The van der Waals surface area contributed by atoms with E-state index in [1.54, 1.807) is 18.5 Å². The first-order chi connectivity index (χ1) is 9.69. The minimum Gasteiger partial charge on any atom is -0.465 e. The topological polar surface area (TPSA) is 86.3 Å². The van der Waals surface area contributed by atoms with E-state index >= 15 is 0 Å². The van der Waals surface area contributed by atoms with E-state index in [0.29, 0.717) is 23.6 Å². The molecule has 3 heterocycles. The first kappa shape index (κ1) is 12.5. The smallest absolute Gasteiger partial charge is 0.341 e. The van der Waals surface area contributed by atoms with Crippen LogP contribution >= 0.6 is 0 Å². The van der Waals surface area contributed by atoms with Gasteiger partial charge in [-0.05, 0) is 6.07 Å². The highest BCUT2D eigenvalue weighted by Crippen LogP contribution is 2.24. The summed E-state index contributed by atoms with van der Waals surface area (Å²) in [6.07, 6.45) is 5.27. The van der Waals surface area contributed by atoms with Crippen molar-refractivity contribution < 1.29 is 9.53 Å². The number of esters is 1. The van der Waals surface area contributed by atoms with Crippen molar-refractivity contribution in [3.63, 3.8) is 0 Å². The van der Waals surface area contributed by atoms with E-state index in [9.17, 15) is 4.79 Å². The summed E-state index contributed by atoms with van der Waals surface area (Å²) in [6.45, 7) is 2.17. The second-order valence-electron chi connectivity index (χ2n) is 4.59. The van der Waals surface area contributed by atoms with Crippen LogP contribution in [0.1, 0.15) is 16.2 Å². The molecule has 0 spiro atoms. The maximum absolute atomic E-state index is 11.9. The second kappa shape index (κ2) is 4.84. The van der Waals surface area contributed by atoms with Crippen molar-refractivity contribution in [2.75, 3.05) is 24.3 Å². The normalized spacial score (nSPS) is 13.9. The molecule has 0 saturated carbocycles. The van der Waals surface area contributed by atoms with E-state index in [1.165, 1.54) is 7.11 Å². The van der Waals surface area contributed by atoms with Crippen LogP contribution in [0.4, 0.5) is 11.5 Å². The summed E-state index contributed by atoms with van der Waals surface area (Å²) in [7, 11) is 1.35. The quantitative estimate of drug-likeness (QED) is 0.809. The van der Waals surface area contributed by atoms with E-state index in [2.05, 4.69) is 14.5 Å². The Bertz CT molecular complexity index is 652. The zero-order valence-corrected chi connectivity index (χ0v) is 11.1. The summed E-state index contributed by atoms with van der Waals surface area (Å²) in [5, 5.41) is 0. The maximum Gasteiger partial charge on any atom is 0.341 e. The number of carbonyl (C=O) groups excluding carboxylic acids is 1. The average molecular weight is 273 g/mol. The van der Waals surface area contributed by atoms with Gasteiger partial charge in [0.2, 0.25) is 0 Å². The van der Waals surface area contributed by atoms with Gasteiger partial charge in [-0.1, -0.05) is 0 Å². The molecular formula is C13H15N5O2. The zero-order valence-electron chi connectivity index (χ0n) is 11.1. The highest BCUT2D eigenvalue weighted by Gasteiger charge is 2.23. The molecule has 1 aliphatic rings. The molecule has 0 bridgehead atoms. The van der Waals surface area contributed by atoms with Gasteiger partial charge in [0.25, 0.3) is 0 Å². The molecule has 3 rings (SSSR count). The van der Waals surface area contributed by atoms with Crippen LogP contribution in [-0.4, -0.2) is 34.2 Å². The Balaban J connectivity index is 1.97. The van der Waals surface area contributed by atoms with E-state index in [0.717, 1.165) is 18.9 Å². The Morgan fingerprint density at radius 1 is 1.40 bits per heavy atom. The van der Waals surface area contributed by atoms with Crippen LogP contribution in [0.3, 0.4) is 0 Å². The molecule has 0 fully saturated rings. The lowest BCUT2D eigenvalue weighted by molar-refractivity contribution is 0.0601. The minimum atomic E-state index is -0.436. The number of carbonyl (C=O) groups is 1. The van der Waals surface area contributed by atoms with E-state index in [1.807, 2.05) is 11.1 Å². The van der Waals surface area contributed by atoms with Crippen LogP contribution in [-0.2, 0) is 17.8 Å². The number of ether oxygens (including phenoxy) is 1. The number of anilines is 2. The molecular weight excluding hydrogens is 258 g/mol. The monoisotopic (exact) mass is 273 g/mol. The molecule has 104 valence electrons. The number of rotatable bonds is 2. The van der Waals surface area contributed by atoms with Gasteiger partial charge in [0.1, 0.15) is 17.2 Å². The van der Waals surface area contributed by atoms with Crippen molar-refractivity contribution in [2.24, 2.45) is 0 Å². The molecule has 1 aliphatic heterocycles. The van der Waals surface area contributed by atoms with Crippen LogP contribution in [0.2, 0.25) is 0 Å². The predicted molar refractivity (Wildman–Crippen MR) is 73.3 cm³/mol. The average Bonchev–Trinajstić information content (AvgIpc) is 2.93. The molecule has 0 radical (unpaired) electrons.